The van der Waals surface area contributed by atoms with Gasteiger partial charge in [0, 0.05) is 43.4 Å². The van der Waals surface area contributed by atoms with Gasteiger partial charge >= 0.3 is 0 Å². The summed E-state index contributed by atoms with van der Waals surface area (Å²) in [4.78, 5) is 24.0. The van der Waals surface area contributed by atoms with Crippen LogP contribution in [0.1, 0.15) is 17.3 Å². The van der Waals surface area contributed by atoms with Crippen LogP contribution in [-0.2, 0) is 0 Å². The summed E-state index contributed by atoms with van der Waals surface area (Å²) in [6, 6.07) is 6.01. The number of nitro benzene ring substituents is 1. The van der Waals surface area contributed by atoms with Gasteiger partial charge in [-0.25, -0.2) is 0 Å². The first kappa shape index (κ1) is 15.4. The summed E-state index contributed by atoms with van der Waals surface area (Å²) in [5, 5.41) is 13.8. The van der Waals surface area contributed by atoms with Gasteiger partial charge in [0.25, 0.3) is 11.6 Å². The van der Waals surface area contributed by atoms with Crippen LogP contribution >= 0.6 is 12.4 Å². The minimum absolute atomic E-state index is 0. The molecule has 1 amide bonds. The number of nitrogens with zero attached hydrogens (tertiary/aromatic N) is 2. The first-order valence-corrected chi connectivity index (χ1v) is 5.85. The quantitative estimate of drug-likeness (QED) is 0.659. The van der Waals surface area contributed by atoms with E-state index in [9.17, 15) is 14.9 Å². The summed E-state index contributed by atoms with van der Waals surface area (Å²) in [7, 11) is 0. The lowest BCUT2D eigenvalue weighted by molar-refractivity contribution is -0.384. The number of hydrogen-bond acceptors (Lipinski definition) is 4. The molecule has 7 heteroatoms. The molecule has 104 valence electrons. The van der Waals surface area contributed by atoms with Gasteiger partial charge in [-0.3, -0.25) is 14.9 Å². The first-order chi connectivity index (χ1) is 8.58. The number of carbonyl (C=O) groups excluding carboxylic acids is 1. The van der Waals surface area contributed by atoms with Gasteiger partial charge in [0.15, 0.2) is 0 Å². The average molecular weight is 286 g/mol. The molecule has 1 aromatic carbocycles. The van der Waals surface area contributed by atoms with Gasteiger partial charge in [-0.05, 0) is 19.1 Å². The fourth-order valence-electron chi connectivity index (χ4n) is 2.03. The molecular weight excluding hydrogens is 270 g/mol. The Morgan fingerprint density at radius 3 is 2.58 bits per heavy atom. The lowest BCUT2D eigenvalue weighted by Crippen LogP contribution is -2.51. The predicted octanol–water partition coefficient (Wildman–Crippen LogP) is 1.45. The Bertz CT molecular complexity index is 464. The molecule has 0 radical (unpaired) electrons. The number of amides is 1. The van der Waals surface area contributed by atoms with Crippen LogP contribution in [0.2, 0.25) is 0 Å². The number of rotatable bonds is 2. The molecule has 0 unspecified atom stereocenters. The Labute approximate surface area is 117 Å². The van der Waals surface area contributed by atoms with E-state index in [1.54, 1.807) is 4.90 Å². The zero-order chi connectivity index (χ0) is 13.1. The standard InChI is InChI=1S/C12H15N3O3.ClH/c1-9-8-14(7-6-13-9)12(16)10-2-4-11(5-3-10)15(17)18;/h2-5,9,13H,6-8H2,1H3;1H/t9-;/m0./s1. The number of piperazine rings is 1. The summed E-state index contributed by atoms with van der Waals surface area (Å²) < 4.78 is 0. The SMILES string of the molecule is C[C@H]1CN(C(=O)c2ccc([N+](=O)[O-])cc2)CCN1.Cl. The van der Waals surface area contributed by atoms with Crippen molar-refractivity contribution in [3.8, 4) is 0 Å². The molecule has 0 aliphatic carbocycles. The van der Waals surface area contributed by atoms with Crippen LogP contribution in [0.25, 0.3) is 0 Å². The molecule has 0 spiro atoms. The van der Waals surface area contributed by atoms with E-state index in [0.717, 1.165) is 6.54 Å². The van der Waals surface area contributed by atoms with Crippen LogP contribution in [0.5, 0.6) is 0 Å². The molecule has 1 saturated heterocycles. The topological polar surface area (TPSA) is 75.5 Å². The van der Waals surface area contributed by atoms with E-state index in [0.29, 0.717) is 18.7 Å². The summed E-state index contributed by atoms with van der Waals surface area (Å²) in [5.74, 6) is -0.0711. The smallest absolute Gasteiger partial charge is 0.269 e. The maximum atomic E-state index is 12.2. The summed E-state index contributed by atoms with van der Waals surface area (Å²) in [6.45, 7) is 4.13. The number of hydrogen-bond donors (Lipinski definition) is 1. The third-order valence-electron chi connectivity index (χ3n) is 2.98. The summed E-state index contributed by atoms with van der Waals surface area (Å²) >= 11 is 0. The van der Waals surface area contributed by atoms with Gasteiger partial charge in [-0.15, -0.1) is 12.4 Å². The average Bonchev–Trinajstić information content (AvgIpc) is 2.38. The van der Waals surface area contributed by atoms with Crippen molar-refractivity contribution in [3.05, 3.63) is 39.9 Å². The Kier molecular flexibility index (Phi) is 5.26. The van der Waals surface area contributed by atoms with Crippen LogP contribution < -0.4 is 5.32 Å². The number of nitro groups is 1. The van der Waals surface area contributed by atoms with Crippen molar-refractivity contribution in [2.45, 2.75) is 13.0 Å². The molecule has 1 fully saturated rings. The maximum absolute atomic E-state index is 12.2. The number of benzene rings is 1. The molecule has 1 aliphatic rings. The minimum Gasteiger partial charge on any atom is -0.336 e. The lowest BCUT2D eigenvalue weighted by Gasteiger charge is -2.31. The monoisotopic (exact) mass is 285 g/mol. The van der Waals surface area contributed by atoms with Crippen molar-refractivity contribution >= 4 is 24.0 Å². The van der Waals surface area contributed by atoms with Gasteiger partial charge in [0.1, 0.15) is 0 Å². The molecule has 0 aromatic heterocycles. The van der Waals surface area contributed by atoms with E-state index in [2.05, 4.69) is 5.32 Å². The molecule has 1 heterocycles. The molecule has 1 atom stereocenters. The van der Waals surface area contributed by atoms with Crippen LogP contribution in [0.15, 0.2) is 24.3 Å². The number of halogens is 1. The Balaban J connectivity index is 0.00000180. The van der Waals surface area contributed by atoms with Gasteiger partial charge in [-0.2, -0.15) is 0 Å². The van der Waals surface area contributed by atoms with Gasteiger partial charge in [-0.1, -0.05) is 0 Å². The van der Waals surface area contributed by atoms with Crippen molar-refractivity contribution < 1.29 is 9.72 Å². The normalized spacial score (nSPS) is 18.6. The van der Waals surface area contributed by atoms with Crippen molar-refractivity contribution in [2.75, 3.05) is 19.6 Å². The largest absolute Gasteiger partial charge is 0.336 e. The Morgan fingerprint density at radius 1 is 1.42 bits per heavy atom. The molecule has 0 saturated carbocycles. The van der Waals surface area contributed by atoms with Crippen molar-refractivity contribution in [3.63, 3.8) is 0 Å². The van der Waals surface area contributed by atoms with Crippen molar-refractivity contribution in [2.24, 2.45) is 0 Å². The Morgan fingerprint density at radius 2 is 2.05 bits per heavy atom. The van der Waals surface area contributed by atoms with Crippen LogP contribution in [0, 0.1) is 10.1 Å². The van der Waals surface area contributed by atoms with E-state index < -0.39 is 4.92 Å². The fraction of sp³-hybridized carbons (Fsp3) is 0.417. The highest BCUT2D eigenvalue weighted by Crippen LogP contribution is 2.14. The first-order valence-electron chi connectivity index (χ1n) is 5.85. The summed E-state index contributed by atoms with van der Waals surface area (Å²) in [6.07, 6.45) is 0. The third kappa shape index (κ3) is 3.65. The number of non-ortho nitro benzene ring substituents is 1. The van der Waals surface area contributed by atoms with Crippen molar-refractivity contribution in [1.29, 1.82) is 0 Å². The zero-order valence-corrected chi connectivity index (χ0v) is 11.4. The maximum Gasteiger partial charge on any atom is 0.269 e. The second-order valence-electron chi connectivity index (χ2n) is 4.41. The van der Waals surface area contributed by atoms with Crippen LogP contribution in [-0.4, -0.2) is 41.4 Å². The number of nitrogens with one attached hydrogen (secondary N) is 1. The van der Waals surface area contributed by atoms with Crippen LogP contribution in [0.4, 0.5) is 5.69 Å². The highest BCUT2D eigenvalue weighted by molar-refractivity contribution is 5.94. The highest BCUT2D eigenvalue weighted by Gasteiger charge is 2.21. The zero-order valence-electron chi connectivity index (χ0n) is 10.5. The molecule has 1 N–H and O–H groups in total. The molecule has 6 nitrogen and oxygen atoms in total. The molecule has 1 aliphatic heterocycles. The van der Waals surface area contributed by atoms with Gasteiger partial charge in [0.05, 0.1) is 4.92 Å². The van der Waals surface area contributed by atoms with E-state index >= 15 is 0 Å². The highest BCUT2D eigenvalue weighted by atomic mass is 35.5. The Hall–Kier alpha value is -1.66. The van der Waals surface area contributed by atoms with Gasteiger partial charge in [0.2, 0.25) is 0 Å². The number of carbonyl (C=O) groups is 1. The van der Waals surface area contributed by atoms with Gasteiger partial charge < -0.3 is 10.2 Å². The summed E-state index contributed by atoms with van der Waals surface area (Å²) in [5.41, 5.74) is 0.495. The fourth-order valence-corrected chi connectivity index (χ4v) is 2.03. The molecule has 1 aromatic rings. The van der Waals surface area contributed by atoms with E-state index in [4.69, 9.17) is 0 Å². The molecule has 2 rings (SSSR count). The van der Waals surface area contributed by atoms with E-state index in [1.165, 1.54) is 24.3 Å². The minimum atomic E-state index is -0.471. The second kappa shape index (κ2) is 6.49. The molecule has 19 heavy (non-hydrogen) atoms. The van der Waals surface area contributed by atoms with Crippen molar-refractivity contribution in [1.82, 2.24) is 10.2 Å². The van der Waals surface area contributed by atoms with Crippen LogP contribution in [0.3, 0.4) is 0 Å². The third-order valence-corrected chi connectivity index (χ3v) is 2.98. The predicted molar refractivity (Wildman–Crippen MR) is 73.7 cm³/mol. The second-order valence-corrected chi connectivity index (χ2v) is 4.41. The lowest BCUT2D eigenvalue weighted by atomic mass is 10.1. The van der Waals surface area contributed by atoms with E-state index in [1.807, 2.05) is 6.92 Å². The molecule has 0 bridgehead atoms. The molecular formula is C12H16ClN3O3. The van der Waals surface area contributed by atoms with E-state index in [-0.39, 0.29) is 30.0 Å².